The van der Waals surface area contributed by atoms with Gasteiger partial charge in [-0.05, 0) is 50.8 Å². The third kappa shape index (κ3) is 4.43. The van der Waals surface area contributed by atoms with E-state index in [-0.39, 0.29) is 11.8 Å². The molecule has 1 fully saturated rings. The zero-order valence-corrected chi connectivity index (χ0v) is 11.5. The molecule has 0 heterocycles. The predicted octanol–water partition coefficient (Wildman–Crippen LogP) is 3.80. The van der Waals surface area contributed by atoms with E-state index in [0.29, 0.717) is 6.04 Å². The Hall–Kier alpha value is -1.77. The fourth-order valence-corrected chi connectivity index (χ4v) is 2.00. The van der Waals surface area contributed by atoms with Gasteiger partial charge >= 0.3 is 0 Å². The summed E-state index contributed by atoms with van der Waals surface area (Å²) in [5.74, 6) is 0.389. The lowest BCUT2D eigenvalue weighted by Gasteiger charge is -2.15. The van der Waals surface area contributed by atoms with Gasteiger partial charge in [0.1, 0.15) is 0 Å². The molecule has 3 heteroatoms. The number of amides is 1. The van der Waals surface area contributed by atoms with E-state index in [0.717, 1.165) is 37.1 Å². The summed E-state index contributed by atoms with van der Waals surface area (Å²) in [6.45, 7) is 5.89. The number of hydrogen-bond acceptors (Lipinski definition) is 2. The molecule has 1 aliphatic carbocycles. The van der Waals surface area contributed by atoms with Gasteiger partial charge in [-0.25, -0.2) is 0 Å². The van der Waals surface area contributed by atoms with Gasteiger partial charge in [0.2, 0.25) is 5.91 Å². The lowest BCUT2D eigenvalue weighted by atomic mass is 10.1. The monoisotopic (exact) mass is 258 g/mol. The molecule has 1 atom stereocenters. The molecule has 0 radical (unpaired) electrons. The van der Waals surface area contributed by atoms with E-state index in [1.807, 2.05) is 30.3 Å². The zero-order valence-electron chi connectivity index (χ0n) is 11.5. The second-order valence-electron chi connectivity index (χ2n) is 5.26. The van der Waals surface area contributed by atoms with Crippen LogP contribution in [0.25, 0.3) is 0 Å². The van der Waals surface area contributed by atoms with E-state index in [1.54, 1.807) is 0 Å². The van der Waals surface area contributed by atoms with Crippen molar-refractivity contribution in [3.05, 3.63) is 36.9 Å². The highest BCUT2D eigenvalue weighted by atomic mass is 16.2. The standard InChI is InChI=1S/C16H22N2O/c1-3-4-6-12(2)17-14-7-5-8-15(11-14)18-16(19)13-9-10-13/h3,5,7-8,11-13,17H,1,4,6,9-10H2,2H3,(H,18,19). The summed E-state index contributed by atoms with van der Waals surface area (Å²) in [7, 11) is 0. The molecule has 2 N–H and O–H groups in total. The minimum atomic E-state index is 0.150. The number of hydrogen-bond donors (Lipinski definition) is 2. The lowest BCUT2D eigenvalue weighted by molar-refractivity contribution is -0.117. The molecule has 102 valence electrons. The number of benzene rings is 1. The molecule has 0 bridgehead atoms. The van der Waals surface area contributed by atoms with Crippen LogP contribution in [0.15, 0.2) is 36.9 Å². The summed E-state index contributed by atoms with van der Waals surface area (Å²) in [5.41, 5.74) is 1.92. The predicted molar refractivity (Wildman–Crippen MR) is 80.3 cm³/mol. The van der Waals surface area contributed by atoms with Gasteiger partial charge in [-0.1, -0.05) is 12.1 Å². The first-order valence-electron chi connectivity index (χ1n) is 6.97. The first kappa shape index (κ1) is 13.7. The van der Waals surface area contributed by atoms with Crippen molar-refractivity contribution in [2.24, 2.45) is 5.92 Å². The topological polar surface area (TPSA) is 41.1 Å². The van der Waals surface area contributed by atoms with E-state index in [9.17, 15) is 4.79 Å². The van der Waals surface area contributed by atoms with Gasteiger partial charge in [0.25, 0.3) is 0 Å². The van der Waals surface area contributed by atoms with Crippen LogP contribution in [0.2, 0.25) is 0 Å². The summed E-state index contributed by atoms with van der Waals surface area (Å²) >= 11 is 0. The van der Waals surface area contributed by atoms with Gasteiger partial charge in [0.15, 0.2) is 0 Å². The van der Waals surface area contributed by atoms with Crippen molar-refractivity contribution >= 4 is 17.3 Å². The van der Waals surface area contributed by atoms with Crippen molar-refractivity contribution in [2.75, 3.05) is 10.6 Å². The fourth-order valence-electron chi connectivity index (χ4n) is 2.00. The Morgan fingerprint density at radius 1 is 1.47 bits per heavy atom. The van der Waals surface area contributed by atoms with E-state index in [1.165, 1.54) is 0 Å². The van der Waals surface area contributed by atoms with Gasteiger partial charge in [0.05, 0.1) is 0 Å². The highest BCUT2D eigenvalue weighted by Gasteiger charge is 2.29. The van der Waals surface area contributed by atoms with Gasteiger partial charge < -0.3 is 10.6 Å². The van der Waals surface area contributed by atoms with E-state index in [4.69, 9.17) is 0 Å². The quantitative estimate of drug-likeness (QED) is 0.730. The van der Waals surface area contributed by atoms with Crippen LogP contribution in [0.3, 0.4) is 0 Å². The Morgan fingerprint density at radius 2 is 2.21 bits per heavy atom. The van der Waals surface area contributed by atoms with Crippen LogP contribution in [0.1, 0.15) is 32.6 Å². The van der Waals surface area contributed by atoms with Crippen molar-refractivity contribution in [1.82, 2.24) is 0 Å². The van der Waals surface area contributed by atoms with Crippen molar-refractivity contribution < 1.29 is 4.79 Å². The smallest absolute Gasteiger partial charge is 0.227 e. The maximum atomic E-state index is 11.7. The van der Waals surface area contributed by atoms with Crippen LogP contribution in [0.5, 0.6) is 0 Å². The molecule has 0 saturated heterocycles. The van der Waals surface area contributed by atoms with Gasteiger partial charge in [-0.3, -0.25) is 4.79 Å². The average Bonchev–Trinajstić information content (AvgIpc) is 3.21. The molecular weight excluding hydrogens is 236 g/mol. The Morgan fingerprint density at radius 3 is 2.89 bits per heavy atom. The van der Waals surface area contributed by atoms with Crippen LogP contribution < -0.4 is 10.6 Å². The van der Waals surface area contributed by atoms with Crippen molar-refractivity contribution in [1.29, 1.82) is 0 Å². The SMILES string of the molecule is C=CCCC(C)Nc1cccc(NC(=O)C2CC2)c1. The average molecular weight is 258 g/mol. The third-order valence-corrected chi connectivity index (χ3v) is 3.30. The minimum absolute atomic E-state index is 0.150. The highest BCUT2D eigenvalue weighted by Crippen LogP contribution is 2.30. The molecule has 1 unspecified atom stereocenters. The number of nitrogens with one attached hydrogen (secondary N) is 2. The maximum absolute atomic E-state index is 11.7. The van der Waals surface area contributed by atoms with Gasteiger partial charge in [-0.2, -0.15) is 0 Å². The van der Waals surface area contributed by atoms with Crippen LogP contribution in [-0.4, -0.2) is 11.9 Å². The summed E-state index contributed by atoms with van der Waals surface area (Å²) in [4.78, 5) is 11.7. The molecule has 1 aromatic rings. The molecule has 2 rings (SSSR count). The Labute approximate surface area is 115 Å². The third-order valence-electron chi connectivity index (χ3n) is 3.30. The van der Waals surface area contributed by atoms with Crippen molar-refractivity contribution in [3.8, 4) is 0 Å². The molecule has 1 aliphatic rings. The fraction of sp³-hybridized carbons (Fsp3) is 0.438. The van der Waals surface area contributed by atoms with Crippen molar-refractivity contribution in [3.63, 3.8) is 0 Å². The normalized spacial score (nSPS) is 15.6. The molecule has 1 saturated carbocycles. The largest absolute Gasteiger partial charge is 0.383 e. The molecule has 0 aliphatic heterocycles. The van der Waals surface area contributed by atoms with Crippen LogP contribution >= 0.6 is 0 Å². The molecular formula is C16H22N2O. The molecule has 0 spiro atoms. The maximum Gasteiger partial charge on any atom is 0.227 e. The van der Waals surface area contributed by atoms with E-state index < -0.39 is 0 Å². The summed E-state index contributed by atoms with van der Waals surface area (Å²) in [6.07, 6.45) is 6.06. The number of allylic oxidation sites excluding steroid dienone is 1. The van der Waals surface area contributed by atoms with Gasteiger partial charge in [-0.15, -0.1) is 6.58 Å². The molecule has 1 amide bonds. The minimum Gasteiger partial charge on any atom is -0.383 e. The van der Waals surface area contributed by atoms with Gasteiger partial charge in [0, 0.05) is 23.3 Å². The second kappa shape index (κ2) is 6.41. The molecule has 1 aromatic carbocycles. The number of anilines is 2. The molecule has 0 aromatic heterocycles. The summed E-state index contributed by atoms with van der Waals surface area (Å²) < 4.78 is 0. The summed E-state index contributed by atoms with van der Waals surface area (Å²) in [6, 6.07) is 8.31. The Kier molecular flexibility index (Phi) is 4.61. The summed E-state index contributed by atoms with van der Waals surface area (Å²) in [5, 5.41) is 6.40. The Bertz CT molecular complexity index is 452. The second-order valence-corrected chi connectivity index (χ2v) is 5.26. The Balaban J connectivity index is 1.90. The number of carbonyl (C=O) groups excluding carboxylic acids is 1. The number of rotatable bonds is 7. The number of carbonyl (C=O) groups is 1. The highest BCUT2D eigenvalue weighted by molar-refractivity contribution is 5.94. The molecule has 3 nitrogen and oxygen atoms in total. The van der Waals surface area contributed by atoms with E-state index in [2.05, 4.69) is 24.1 Å². The first-order chi connectivity index (χ1) is 9.19. The van der Waals surface area contributed by atoms with Crippen LogP contribution in [-0.2, 0) is 4.79 Å². The lowest BCUT2D eigenvalue weighted by Crippen LogP contribution is -2.16. The van der Waals surface area contributed by atoms with Crippen LogP contribution in [0.4, 0.5) is 11.4 Å². The van der Waals surface area contributed by atoms with Crippen molar-refractivity contribution in [2.45, 2.75) is 38.6 Å². The molecule has 19 heavy (non-hydrogen) atoms. The first-order valence-corrected chi connectivity index (χ1v) is 6.97. The van der Waals surface area contributed by atoms with Crippen LogP contribution in [0, 0.1) is 5.92 Å². The van der Waals surface area contributed by atoms with E-state index >= 15 is 0 Å². The zero-order chi connectivity index (χ0) is 13.7.